The first-order valence-electron chi connectivity index (χ1n) is 15.9. The van der Waals surface area contributed by atoms with Gasteiger partial charge in [-0.25, -0.2) is 9.78 Å². The first-order chi connectivity index (χ1) is 23.9. The number of aromatic nitrogens is 4. The van der Waals surface area contributed by atoms with Crippen molar-refractivity contribution in [3.05, 3.63) is 154 Å². The summed E-state index contributed by atoms with van der Waals surface area (Å²) in [6, 6.07) is 36.7. The second-order valence-electron chi connectivity index (χ2n) is 11.9. The molecule has 1 saturated heterocycles. The lowest BCUT2D eigenvalue weighted by Crippen LogP contribution is -2.39. The number of anilines is 1. The smallest absolute Gasteiger partial charge is 0.338 e. The molecule has 0 aliphatic carbocycles. The molecule has 0 bridgehead atoms. The maximum absolute atomic E-state index is 13.7. The first kappa shape index (κ1) is 32.5. The molecule has 11 heteroatoms. The lowest BCUT2D eigenvalue weighted by Gasteiger charge is -2.37. The Bertz CT molecular complexity index is 2070. The molecule has 0 saturated carbocycles. The van der Waals surface area contributed by atoms with Gasteiger partial charge in [-0.1, -0.05) is 121 Å². The molecule has 2 aromatic heterocycles. The van der Waals surface area contributed by atoms with Crippen molar-refractivity contribution in [2.75, 3.05) is 16.9 Å². The molecular formula is C38H34IN5O5. The van der Waals surface area contributed by atoms with E-state index in [9.17, 15) is 9.59 Å². The number of H-pyrrole nitrogens is 1. The molecule has 2 N–H and O–H groups in total. The third-order valence-corrected chi connectivity index (χ3v) is 9.92. The number of carbonyl (C=O) groups excluding carboxylic acids is 1. The Hall–Kier alpha value is -5.01. The van der Waals surface area contributed by atoms with Gasteiger partial charge in [0.1, 0.15) is 11.3 Å². The summed E-state index contributed by atoms with van der Waals surface area (Å²) in [5, 5.41) is 3.64. The Morgan fingerprint density at radius 3 is 2.10 bits per heavy atom. The summed E-state index contributed by atoms with van der Waals surface area (Å²) in [5.74, 6) is 0.351. The predicted octanol–water partition coefficient (Wildman–Crippen LogP) is 6.73. The summed E-state index contributed by atoms with van der Waals surface area (Å²) < 4.78 is 20.4. The minimum atomic E-state index is -0.984. The normalized spacial score (nSPS) is 19.1. The molecule has 7 rings (SSSR count). The van der Waals surface area contributed by atoms with E-state index in [1.807, 2.05) is 97.9 Å². The Morgan fingerprint density at radius 2 is 1.51 bits per heavy atom. The van der Waals surface area contributed by atoms with Crippen molar-refractivity contribution in [3.63, 3.8) is 0 Å². The van der Waals surface area contributed by atoms with Gasteiger partial charge in [0.2, 0.25) is 5.95 Å². The maximum atomic E-state index is 13.7. The van der Waals surface area contributed by atoms with Crippen molar-refractivity contribution in [2.45, 2.75) is 30.9 Å². The third-order valence-electron chi connectivity index (χ3n) is 9.05. The number of hydrogen-bond donors (Lipinski definition) is 2. The van der Waals surface area contributed by atoms with Crippen LogP contribution in [-0.4, -0.2) is 49.2 Å². The largest absolute Gasteiger partial charge is 0.497 e. The molecule has 6 aromatic rings. The van der Waals surface area contributed by atoms with Crippen molar-refractivity contribution in [3.8, 4) is 5.75 Å². The molecule has 1 aliphatic heterocycles. The molecule has 3 heterocycles. The number of rotatable bonds is 10. The van der Waals surface area contributed by atoms with E-state index in [4.69, 9.17) is 19.2 Å². The number of methoxy groups -OCH3 is 1. The van der Waals surface area contributed by atoms with E-state index in [0.29, 0.717) is 21.4 Å². The van der Waals surface area contributed by atoms with E-state index in [0.717, 1.165) is 16.7 Å². The lowest BCUT2D eigenvalue weighted by atomic mass is 9.77. The number of halogens is 1. The van der Waals surface area contributed by atoms with Crippen LogP contribution in [0.5, 0.6) is 5.75 Å². The zero-order chi connectivity index (χ0) is 34.0. The van der Waals surface area contributed by atoms with Crippen molar-refractivity contribution in [1.82, 2.24) is 19.5 Å². The van der Waals surface area contributed by atoms with E-state index < -0.39 is 29.4 Å². The zero-order valence-electron chi connectivity index (χ0n) is 26.8. The minimum Gasteiger partial charge on any atom is -0.497 e. The van der Waals surface area contributed by atoms with Crippen molar-refractivity contribution < 1.29 is 19.0 Å². The van der Waals surface area contributed by atoms with Gasteiger partial charge in [-0.3, -0.25) is 14.3 Å². The standard InChI is InChI=1S/C38H34IN5O5/c1-24-30(22-39)48-35(32(24)49-36(46)25-12-6-3-7-13-25)44-23-40-31-33(44)41-37(42-34(31)45)43-38(26-14-8-4-9-15-26,27-16-10-5-11-17-27)28-18-20-29(47-2)21-19-28/h3-21,23-24,30,32,35H,22H2,1-2H3,(H2,41,42,43,45)/t24-,30-,32+,35-/m1/s1. The van der Waals surface area contributed by atoms with Gasteiger partial charge in [-0.05, 0) is 41.0 Å². The summed E-state index contributed by atoms with van der Waals surface area (Å²) in [6.45, 7) is 2.00. The molecule has 0 spiro atoms. The Labute approximate surface area is 296 Å². The SMILES string of the molecule is COc1ccc(C(Nc2nc3c(ncn3[C@@H]3O[C@H](CI)[C@@H](C)[C@@H]3OC(=O)c3ccccc3)c(=O)[nH]2)(c2ccccc2)c2ccccc2)cc1. The van der Waals surface area contributed by atoms with Crippen LogP contribution < -0.4 is 15.6 Å². The Balaban J connectivity index is 1.35. The van der Waals surface area contributed by atoms with Gasteiger partial charge in [-0.15, -0.1) is 0 Å². The van der Waals surface area contributed by atoms with Crippen LogP contribution in [0.3, 0.4) is 0 Å². The highest BCUT2D eigenvalue weighted by atomic mass is 127. The molecule has 0 amide bonds. The topological polar surface area (TPSA) is 120 Å². The van der Waals surface area contributed by atoms with E-state index in [2.05, 4.69) is 37.9 Å². The summed E-state index contributed by atoms with van der Waals surface area (Å²) in [6.07, 6.45) is -0.0911. The van der Waals surface area contributed by atoms with Gasteiger partial charge in [0, 0.05) is 10.3 Å². The van der Waals surface area contributed by atoms with Crippen LogP contribution >= 0.6 is 22.6 Å². The molecule has 49 heavy (non-hydrogen) atoms. The van der Waals surface area contributed by atoms with Crippen LogP contribution in [-0.2, 0) is 15.0 Å². The second kappa shape index (κ2) is 13.8. The molecule has 1 aliphatic rings. The molecule has 4 aromatic carbocycles. The number of nitrogens with zero attached hydrogens (tertiary/aromatic N) is 3. The highest BCUT2D eigenvalue weighted by molar-refractivity contribution is 14.1. The number of benzene rings is 4. The number of ether oxygens (including phenoxy) is 3. The van der Waals surface area contributed by atoms with E-state index in [1.54, 1.807) is 35.9 Å². The average molecular weight is 768 g/mol. The van der Waals surface area contributed by atoms with Gasteiger partial charge in [0.05, 0.1) is 25.1 Å². The molecule has 1 fully saturated rings. The second-order valence-corrected chi connectivity index (χ2v) is 12.8. The van der Waals surface area contributed by atoms with Crippen LogP contribution in [0, 0.1) is 5.92 Å². The number of nitrogens with one attached hydrogen (secondary N) is 2. The summed E-state index contributed by atoms with van der Waals surface area (Å²) in [4.78, 5) is 39.3. The van der Waals surface area contributed by atoms with Crippen LogP contribution in [0.25, 0.3) is 11.2 Å². The average Bonchev–Trinajstić information content (AvgIpc) is 3.72. The van der Waals surface area contributed by atoms with E-state index in [-0.39, 0.29) is 23.5 Å². The number of imidazole rings is 1. The van der Waals surface area contributed by atoms with E-state index in [1.165, 1.54) is 6.33 Å². The van der Waals surface area contributed by atoms with Crippen LogP contribution in [0.1, 0.15) is 40.2 Å². The highest BCUT2D eigenvalue weighted by Gasteiger charge is 2.46. The Kier molecular flexibility index (Phi) is 9.19. The third kappa shape index (κ3) is 6.08. The molecule has 0 unspecified atom stereocenters. The summed E-state index contributed by atoms with van der Waals surface area (Å²) in [7, 11) is 1.63. The molecule has 0 radical (unpaired) electrons. The van der Waals surface area contributed by atoms with Gasteiger partial charge in [-0.2, -0.15) is 4.98 Å². The summed E-state index contributed by atoms with van der Waals surface area (Å²) >= 11 is 2.27. The number of aromatic amines is 1. The zero-order valence-corrected chi connectivity index (χ0v) is 29.0. The van der Waals surface area contributed by atoms with Crippen LogP contribution in [0.2, 0.25) is 0 Å². The maximum Gasteiger partial charge on any atom is 0.338 e. The number of hydrogen-bond acceptors (Lipinski definition) is 8. The molecule has 4 atom stereocenters. The fourth-order valence-corrected chi connectivity index (χ4v) is 7.48. The predicted molar refractivity (Wildman–Crippen MR) is 195 cm³/mol. The van der Waals surface area contributed by atoms with Gasteiger partial charge in [0.25, 0.3) is 5.56 Å². The Morgan fingerprint density at radius 1 is 0.918 bits per heavy atom. The number of carbonyl (C=O) groups is 1. The van der Waals surface area contributed by atoms with Crippen LogP contribution in [0.15, 0.2) is 126 Å². The van der Waals surface area contributed by atoms with Crippen molar-refractivity contribution in [2.24, 2.45) is 5.92 Å². The fraction of sp³-hybridized carbons (Fsp3) is 0.211. The molecule has 248 valence electrons. The number of alkyl halides is 1. The number of esters is 1. The van der Waals surface area contributed by atoms with Crippen molar-refractivity contribution in [1.29, 1.82) is 0 Å². The quantitative estimate of drug-likeness (QED) is 0.0683. The summed E-state index contributed by atoms with van der Waals surface area (Å²) in [5.41, 5.74) is 2.21. The van der Waals surface area contributed by atoms with Crippen molar-refractivity contribution >= 4 is 45.7 Å². The highest BCUT2D eigenvalue weighted by Crippen LogP contribution is 2.41. The number of fused-ring (bicyclic) bond motifs is 1. The molecular weight excluding hydrogens is 733 g/mol. The van der Waals surface area contributed by atoms with Gasteiger partial charge in [0.15, 0.2) is 23.5 Å². The first-order valence-corrected chi connectivity index (χ1v) is 17.4. The van der Waals surface area contributed by atoms with E-state index >= 15 is 0 Å². The monoisotopic (exact) mass is 767 g/mol. The van der Waals surface area contributed by atoms with Gasteiger partial charge >= 0.3 is 5.97 Å². The van der Waals surface area contributed by atoms with Crippen LogP contribution in [0.4, 0.5) is 5.95 Å². The lowest BCUT2D eigenvalue weighted by molar-refractivity contribution is -0.0421. The molecule has 10 nitrogen and oxygen atoms in total. The van der Waals surface area contributed by atoms with Gasteiger partial charge < -0.3 is 19.5 Å². The fourth-order valence-electron chi connectivity index (χ4n) is 6.47. The minimum absolute atomic E-state index is 0.134.